The lowest BCUT2D eigenvalue weighted by Gasteiger charge is -2.33. The predicted octanol–water partition coefficient (Wildman–Crippen LogP) is -0.729. The number of ether oxygens (including phenoxy) is 1. The van der Waals surface area contributed by atoms with Crippen LogP contribution in [0.1, 0.15) is 19.7 Å². The molecule has 0 aromatic carbocycles. The van der Waals surface area contributed by atoms with Crippen LogP contribution < -0.4 is 21.7 Å². The second-order valence-electron chi connectivity index (χ2n) is 5.74. The summed E-state index contributed by atoms with van der Waals surface area (Å²) < 4.78 is 7.75. The maximum absolute atomic E-state index is 6.18. The molecule has 110 valence electrons. The SMILES string of the molecule is CC(C)N1C=CC=C2NC(N)=c3nc4n(c3=C21)CCOC4. The minimum Gasteiger partial charge on any atom is -0.383 e. The molecule has 0 unspecified atom stereocenters. The Morgan fingerprint density at radius 2 is 2.29 bits per heavy atom. The van der Waals surface area contributed by atoms with Crippen LogP contribution in [0.15, 0.2) is 24.0 Å². The van der Waals surface area contributed by atoms with Crippen LogP contribution in [0.25, 0.3) is 11.5 Å². The highest BCUT2D eigenvalue weighted by Crippen LogP contribution is 2.23. The van der Waals surface area contributed by atoms with Crippen molar-refractivity contribution in [1.82, 2.24) is 19.8 Å². The summed E-state index contributed by atoms with van der Waals surface area (Å²) in [5, 5.41) is 5.22. The average Bonchev–Trinajstić information content (AvgIpc) is 2.87. The van der Waals surface area contributed by atoms with Crippen molar-refractivity contribution in [2.75, 3.05) is 6.61 Å². The van der Waals surface area contributed by atoms with Crippen molar-refractivity contribution in [1.29, 1.82) is 0 Å². The molecule has 6 nitrogen and oxygen atoms in total. The van der Waals surface area contributed by atoms with Gasteiger partial charge in [-0.15, -0.1) is 0 Å². The number of rotatable bonds is 1. The molecule has 1 aromatic rings. The first-order valence-corrected chi connectivity index (χ1v) is 7.28. The van der Waals surface area contributed by atoms with E-state index in [1.807, 2.05) is 6.08 Å². The maximum Gasteiger partial charge on any atom is 0.136 e. The number of nitrogens with zero attached hydrogens (tertiary/aromatic N) is 3. The highest BCUT2D eigenvalue weighted by Gasteiger charge is 2.27. The second kappa shape index (κ2) is 4.39. The van der Waals surface area contributed by atoms with Gasteiger partial charge in [0.2, 0.25) is 0 Å². The molecular weight excluding hydrogens is 266 g/mol. The predicted molar refractivity (Wildman–Crippen MR) is 79.5 cm³/mol. The topological polar surface area (TPSA) is 68.3 Å². The highest BCUT2D eigenvalue weighted by atomic mass is 16.5. The van der Waals surface area contributed by atoms with Crippen LogP contribution in [0.5, 0.6) is 0 Å². The van der Waals surface area contributed by atoms with Gasteiger partial charge < -0.3 is 25.3 Å². The summed E-state index contributed by atoms with van der Waals surface area (Å²) in [5.41, 5.74) is 8.36. The first-order chi connectivity index (χ1) is 10.2. The summed E-state index contributed by atoms with van der Waals surface area (Å²) in [4.78, 5) is 6.93. The van der Waals surface area contributed by atoms with Gasteiger partial charge in [0, 0.05) is 18.8 Å². The molecule has 0 fully saturated rings. The van der Waals surface area contributed by atoms with Crippen LogP contribution in [0, 0.1) is 0 Å². The fraction of sp³-hybridized carbons (Fsp3) is 0.400. The molecule has 3 aliphatic heterocycles. The van der Waals surface area contributed by atoms with E-state index in [2.05, 4.69) is 45.9 Å². The summed E-state index contributed by atoms with van der Waals surface area (Å²) >= 11 is 0. The molecule has 21 heavy (non-hydrogen) atoms. The van der Waals surface area contributed by atoms with E-state index in [1.165, 1.54) is 0 Å². The monoisotopic (exact) mass is 285 g/mol. The minimum atomic E-state index is 0.361. The van der Waals surface area contributed by atoms with Gasteiger partial charge in [-0.1, -0.05) is 0 Å². The Hall–Kier alpha value is -2.21. The van der Waals surface area contributed by atoms with Crippen molar-refractivity contribution in [3.8, 4) is 0 Å². The Labute approximate surface area is 122 Å². The first kappa shape index (κ1) is 12.5. The van der Waals surface area contributed by atoms with E-state index in [0.29, 0.717) is 25.1 Å². The third-order valence-electron chi connectivity index (χ3n) is 4.07. The third kappa shape index (κ3) is 1.72. The molecule has 0 saturated heterocycles. The third-order valence-corrected chi connectivity index (χ3v) is 4.07. The molecular formula is C15H19N5O. The van der Waals surface area contributed by atoms with Crippen molar-refractivity contribution in [3.05, 3.63) is 40.6 Å². The van der Waals surface area contributed by atoms with Crippen molar-refractivity contribution in [2.24, 2.45) is 5.73 Å². The van der Waals surface area contributed by atoms with Crippen LogP contribution >= 0.6 is 0 Å². The summed E-state index contributed by atoms with van der Waals surface area (Å²) in [6, 6.07) is 0.361. The van der Waals surface area contributed by atoms with Gasteiger partial charge in [0.25, 0.3) is 0 Å². The number of fused-ring (bicyclic) bond motifs is 4. The van der Waals surface area contributed by atoms with Gasteiger partial charge in [-0.05, 0) is 26.0 Å². The van der Waals surface area contributed by atoms with E-state index in [9.17, 15) is 0 Å². The lowest BCUT2D eigenvalue weighted by atomic mass is 10.1. The molecule has 0 saturated carbocycles. The zero-order chi connectivity index (χ0) is 14.6. The Kier molecular flexibility index (Phi) is 2.62. The Bertz CT molecular complexity index is 784. The number of hydrogen-bond acceptors (Lipinski definition) is 5. The molecule has 0 atom stereocenters. The average molecular weight is 285 g/mol. The summed E-state index contributed by atoms with van der Waals surface area (Å²) in [6.45, 7) is 6.44. The molecule has 0 bridgehead atoms. The second-order valence-corrected chi connectivity index (χ2v) is 5.74. The highest BCUT2D eigenvalue weighted by molar-refractivity contribution is 5.70. The van der Waals surface area contributed by atoms with E-state index >= 15 is 0 Å². The lowest BCUT2D eigenvalue weighted by Crippen LogP contribution is -2.49. The van der Waals surface area contributed by atoms with Crippen LogP contribution in [-0.4, -0.2) is 27.1 Å². The Morgan fingerprint density at radius 1 is 1.43 bits per heavy atom. The number of aromatic nitrogens is 2. The van der Waals surface area contributed by atoms with E-state index in [0.717, 1.165) is 34.5 Å². The molecule has 0 spiro atoms. The maximum atomic E-state index is 6.18. The molecule has 0 aliphatic carbocycles. The fourth-order valence-electron chi connectivity index (χ4n) is 3.11. The summed E-state index contributed by atoms with van der Waals surface area (Å²) in [6.07, 6.45) is 6.21. The number of nitrogens with two attached hydrogens (primary N) is 1. The zero-order valence-corrected chi connectivity index (χ0v) is 12.3. The number of hydrogen-bond donors (Lipinski definition) is 2. The molecule has 0 radical (unpaired) electrons. The van der Waals surface area contributed by atoms with Gasteiger partial charge >= 0.3 is 0 Å². The molecule has 3 aliphatic rings. The number of nitrogens with one attached hydrogen (secondary N) is 1. The van der Waals surface area contributed by atoms with Gasteiger partial charge in [0.05, 0.1) is 23.4 Å². The molecule has 6 heteroatoms. The standard InChI is InChI=1S/C15H19N5O/c1-9(2)19-5-3-4-10-13(19)14-12(15(16)17-10)18-11-8-21-7-6-20(11)14/h3-5,9,17H,6-8,16H2,1-2H3. The van der Waals surface area contributed by atoms with Gasteiger partial charge in [0.15, 0.2) is 0 Å². The molecule has 1 aromatic heterocycles. The van der Waals surface area contributed by atoms with Crippen LogP contribution in [0.2, 0.25) is 0 Å². The van der Waals surface area contributed by atoms with E-state index < -0.39 is 0 Å². The lowest BCUT2D eigenvalue weighted by molar-refractivity contribution is 0.0805. The Balaban J connectivity index is 2.11. The smallest absolute Gasteiger partial charge is 0.136 e. The van der Waals surface area contributed by atoms with Crippen LogP contribution in [0.4, 0.5) is 0 Å². The molecule has 0 amide bonds. The normalized spacial score (nSPS) is 20.0. The largest absolute Gasteiger partial charge is 0.383 e. The molecule has 4 rings (SSSR count). The molecule has 4 heterocycles. The van der Waals surface area contributed by atoms with Gasteiger partial charge in [0.1, 0.15) is 23.6 Å². The molecule has 3 N–H and O–H groups in total. The minimum absolute atomic E-state index is 0.361. The first-order valence-electron chi connectivity index (χ1n) is 7.28. The summed E-state index contributed by atoms with van der Waals surface area (Å²) in [5.74, 6) is 1.56. The number of imidazole rings is 1. The van der Waals surface area contributed by atoms with Gasteiger partial charge in [-0.3, -0.25) is 0 Å². The quantitative estimate of drug-likeness (QED) is 0.712. The zero-order valence-electron chi connectivity index (χ0n) is 12.3. The fourth-order valence-corrected chi connectivity index (χ4v) is 3.11. The number of allylic oxidation sites excluding steroid dienone is 2. The van der Waals surface area contributed by atoms with E-state index in [1.54, 1.807) is 0 Å². The van der Waals surface area contributed by atoms with Crippen LogP contribution in [0.3, 0.4) is 0 Å². The van der Waals surface area contributed by atoms with Gasteiger partial charge in [-0.25, -0.2) is 4.98 Å². The van der Waals surface area contributed by atoms with E-state index in [-0.39, 0.29) is 0 Å². The van der Waals surface area contributed by atoms with E-state index in [4.69, 9.17) is 10.5 Å². The van der Waals surface area contributed by atoms with Gasteiger partial charge in [-0.2, -0.15) is 0 Å². The van der Waals surface area contributed by atoms with Crippen LogP contribution in [-0.2, 0) is 17.9 Å². The van der Waals surface area contributed by atoms with Crippen molar-refractivity contribution >= 4 is 11.5 Å². The van der Waals surface area contributed by atoms with Crippen molar-refractivity contribution in [3.63, 3.8) is 0 Å². The summed E-state index contributed by atoms with van der Waals surface area (Å²) in [7, 11) is 0. The Morgan fingerprint density at radius 3 is 3.10 bits per heavy atom. The van der Waals surface area contributed by atoms with Crippen molar-refractivity contribution < 1.29 is 4.74 Å². The van der Waals surface area contributed by atoms with Crippen molar-refractivity contribution in [2.45, 2.75) is 33.0 Å².